The lowest BCUT2D eigenvalue weighted by Crippen LogP contribution is -2.24. The van der Waals surface area contributed by atoms with Crippen LogP contribution in [0.25, 0.3) is 0 Å². The van der Waals surface area contributed by atoms with Gasteiger partial charge in [-0.3, -0.25) is 0 Å². The zero-order valence-corrected chi connectivity index (χ0v) is 11.6. The predicted molar refractivity (Wildman–Crippen MR) is 75.0 cm³/mol. The zero-order valence-electron chi connectivity index (χ0n) is 11.6. The van der Waals surface area contributed by atoms with E-state index in [0.29, 0.717) is 31.1 Å². The second kappa shape index (κ2) is 8.67. The number of methoxy groups -OCH3 is 1. The number of hydrogen-bond acceptors (Lipinski definition) is 3. The van der Waals surface area contributed by atoms with E-state index in [4.69, 9.17) is 9.47 Å². The van der Waals surface area contributed by atoms with Crippen LogP contribution in [0.3, 0.4) is 0 Å². The average molecular weight is 267 g/mol. The van der Waals surface area contributed by atoms with Gasteiger partial charge in [-0.05, 0) is 25.5 Å². The zero-order chi connectivity index (χ0) is 14.1. The molecule has 0 fully saturated rings. The Hall–Kier alpha value is -1.39. The summed E-state index contributed by atoms with van der Waals surface area (Å²) in [5, 5.41) is 3.22. The summed E-state index contributed by atoms with van der Waals surface area (Å²) in [6.07, 6.45) is 2.66. The SMILES string of the molecule is C=CCCOCCNC(C)c1c(F)cccc1OC. The number of nitrogens with one attached hydrogen (secondary N) is 1. The van der Waals surface area contributed by atoms with Gasteiger partial charge in [-0.15, -0.1) is 6.58 Å². The summed E-state index contributed by atoms with van der Waals surface area (Å²) in [6, 6.07) is 4.72. The highest BCUT2D eigenvalue weighted by molar-refractivity contribution is 5.36. The highest BCUT2D eigenvalue weighted by Crippen LogP contribution is 2.27. The monoisotopic (exact) mass is 267 g/mol. The smallest absolute Gasteiger partial charge is 0.131 e. The Morgan fingerprint density at radius 3 is 2.89 bits per heavy atom. The van der Waals surface area contributed by atoms with Gasteiger partial charge in [0.15, 0.2) is 0 Å². The molecular formula is C15H22FNO2. The van der Waals surface area contributed by atoms with Crippen molar-refractivity contribution in [1.82, 2.24) is 5.32 Å². The summed E-state index contributed by atoms with van der Waals surface area (Å²) < 4.78 is 24.4. The molecule has 1 aromatic rings. The molecule has 106 valence electrons. The lowest BCUT2D eigenvalue weighted by atomic mass is 10.1. The fourth-order valence-corrected chi connectivity index (χ4v) is 1.83. The summed E-state index contributed by atoms with van der Waals surface area (Å²) in [5.74, 6) is 0.305. The van der Waals surface area contributed by atoms with Crippen LogP contribution in [-0.4, -0.2) is 26.9 Å². The minimum Gasteiger partial charge on any atom is -0.496 e. The highest BCUT2D eigenvalue weighted by atomic mass is 19.1. The standard InChI is InChI=1S/C15H22FNO2/c1-4-5-10-19-11-9-17-12(2)15-13(16)7-6-8-14(15)18-3/h4,6-8,12,17H,1,5,9-11H2,2-3H3. The molecule has 4 heteroatoms. The molecule has 0 aromatic heterocycles. The van der Waals surface area contributed by atoms with E-state index in [2.05, 4.69) is 11.9 Å². The van der Waals surface area contributed by atoms with Crippen LogP contribution in [0, 0.1) is 5.82 Å². The summed E-state index contributed by atoms with van der Waals surface area (Å²) >= 11 is 0. The molecule has 1 rings (SSSR count). The molecule has 0 amide bonds. The van der Waals surface area contributed by atoms with Crippen molar-refractivity contribution < 1.29 is 13.9 Å². The van der Waals surface area contributed by atoms with E-state index in [9.17, 15) is 4.39 Å². The molecular weight excluding hydrogens is 245 g/mol. The summed E-state index contributed by atoms with van der Waals surface area (Å²) in [5.41, 5.74) is 0.552. The van der Waals surface area contributed by atoms with Crippen LogP contribution in [0.1, 0.15) is 24.9 Å². The lowest BCUT2D eigenvalue weighted by Gasteiger charge is -2.18. The van der Waals surface area contributed by atoms with Gasteiger partial charge in [-0.1, -0.05) is 12.1 Å². The van der Waals surface area contributed by atoms with Gasteiger partial charge in [0.2, 0.25) is 0 Å². The van der Waals surface area contributed by atoms with Gasteiger partial charge >= 0.3 is 0 Å². The molecule has 1 unspecified atom stereocenters. The lowest BCUT2D eigenvalue weighted by molar-refractivity contribution is 0.138. The fourth-order valence-electron chi connectivity index (χ4n) is 1.83. The second-order valence-electron chi connectivity index (χ2n) is 4.22. The van der Waals surface area contributed by atoms with Crippen LogP contribution >= 0.6 is 0 Å². The van der Waals surface area contributed by atoms with Crippen molar-refractivity contribution in [3.8, 4) is 5.75 Å². The maximum atomic E-state index is 13.8. The van der Waals surface area contributed by atoms with E-state index in [1.165, 1.54) is 6.07 Å². The summed E-state index contributed by atoms with van der Waals surface area (Å²) in [7, 11) is 1.55. The van der Waals surface area contributed by atoms with E-state index in [-0.39, 0.29) is 11.9 Å². The van der Waals surface area contributed by atoms with Crippen molar-refractivity contribution in [3.05, 3.63) is 42.2 Å². The van der Waals surface area contributed by atoms with Gasteiger partial charge < -0.3 is 14.8 Å². The molecule has 0 saturated carbocycles. The topological polar surface area (TPSA) is 30.5 Å². The maximum Gasteiger partial charge on any atom is 0.131 e. The average Bonchev–Trinajstić information content (AvgIpc) is 2.42. The van der Waals surface area contributed by atoms with Crippen LogP contribution in [0.2, 0.25) is 0 Å². The molecule has 0 saturated heterocycles. The first kappa shape index (κ1) is 15.7. The Labute approximate surface area is 114 Å². The molecule has 0 aliphatic rings. The molecule has 0 aliphatic carbocycles. The summed E-state index contributed by atoms with van der Waals surface area (Å²) in [6.45, 7) is 7.46. The van der Waals surface area contributed by atoms with Gasteiger partial charge in [0.25, 0.3) is 0 Å². The molecule has 0 bridgehead atoms. The Morgan fingerprint density at radius 2 is 2.21 bits per heavy atom. The van der Waals surface area contributed by atoms with Gasteiger partial charge in [0.05, 0.1) is 20.3 Å². The molecule has 0 heterocycles. The number of benzene rings is 1. The largest absolute Gasteiger partial charge is 0.496 e. The number of hydrogen-bond donors (Lipinski definition) is 1. The van der Waals surface area contributed by atoms with E-state index in [1.807, 2.05) is 13.0 Å². The molecule has 1 aromatic carbocycles. The number of rotatable bonds is 9. The minimum atomic E-state index is -0.257. The van der Waals surface area contributed by atoms with E-state index >= 15 is 0 Å². The van der Waals surface area contributed by atoms with Gasteiger partial charge in [0.1, 0.15) is 11.6 Å². The van der Waals surface area contributed by atoms with Crippen LogP contribution in [0.15, 0.2) is 30.9 Å². The highest BCUT2D eigenvalue weighted by Gasteiger charge is 2.15. The van der Waals surface area contributed by atoms with Gasteiger partial charge in [-0.25, -0.2) is 4.39 Å². The van der Waals surface area contributed by atoms with Crippen molar-refractivity contribution in [2.75, 3.05) is 26.9 Å². The third kappa shape index (κ3) is 5.01. The number of ether oxygens (including phenoxy) is 2. The van der Waals surface area contributed by atoms with Crippen LogP contribution < -0.4 is 10.1 Å². The van der Waals surface area contributed by atoms with Crippen LogP contribution in [0.5, 0.6) is 5.75 Å². The first-order valence-electron chi connectivity index (χ1n) is 6.45. The normalized spacial score (nSPS) is 12.2. The molecule has 1 N–H and O–H groups in total. The number of halogens is 1. The first-order chi connectivity index (χ1) is 9.20. The minimum absolute atomic E-state index is 0.126. The fraction of sp³-hybridized carbons (Fsp3) is 0.467. The Morgan fingerprint density at radius 1 is 1.42 bits per heavy atom. The van der Waals surface area contributed by atoms with Gasteiger partial charge in [-0.2, -0.15) is 0 Å². The summed E-state index contributed by atoms with van der Waals surface area (Å²) in [4.78, 5) is 0. The van der Waals surface area contributed by atoms with Gasteiger partial charge in [0, 0.05) is 18.2 Å². The third-order valence-corrected chi connectivity index (χ3v) is 2.83. The molecule has 0 aliphatic heterocycles. The van der Waals surface area contributed by atoms with E-state index in [0.717, 1.165) is 6.42 Å². The van der Waals surface area contributed by atoms with Crippen molar-refractivity contribution in [1.29, 1.82) is 0 Å². The molecule has 1 atom stereocenters. The van der Waals surface area contributed by atoms with Crippen molar-refractivity contribution >= 4 is 0 Å². The Kier molecular flexibility index (Phi) is 7.15. The third-order valence-electron chi connectivity index (χ3n) is 2.83. The molecule has 19 heavy (non-hydrogen) atoms. The van der Waals surface area contributed by atoms with Crippen LogP contribution in [0.4, 0.5) is 4.39 Å². The predicted octanol–water partition coefficient (Wildman–Crippen LogP) is 3.08. The van der Waals surface area contributed by atoms with Crippen molar-refractivity contribution in [2.24, 2.45) is 0 Å². The van der Waals surface area contributed by atoms with Crippen LogP contribution in [-0.2, 0) is 4.74 Å². The molecule has 0 spiro atoms. The van der Waals surface area contributed by atoms with E-state index in [1.54, 1.807) is 19.2 Å². The van der Waals surface area contributed by atoms with Crippen molar-refractivity contribution in [3.63, 3.8) is 0 Å². The Balaban J connectivity index is 2.45. The Bertz CT molecular complexity index is 396. The maximum absolute atomic E-state index is 13.8. The quantitative estimate of drug-likeness (QED) is 0.551. The molecule has 3 nitrogen and oxygen atoms in total. The second-order valence-corrected chi connectivity index (χ2v) is 4.22. The molecule has 0 radical (unpaired) electrons. The van der Waals surface area contributed by atoms with Crippen molar-refractivity contribution in [2.45, 2.75) is 19.4 Å². The van der Waals surface area contributed by atoms with E-state index < -0.39 is 0 Å². The first-order valence-corrected chi connectivity index (χ1v) is 6.45.